The van der Waals surface area contributed by atoms with Gasteiger partial charge in [0, 0.05) is 24.7 Å². The molecular formula is C17H17N3O2S. The number of nitrogens with one attached hydrogen (secondary N) is 2. The van der Waals surface area contributed by atoms with Crippen LogP contribution in [0.4, 0.5) is 4.79 Å². The fourth-order valence-corrected chi connectivity index (χ4v) is 3.03. The normalized spacial score (nSPS) is 12.0. The van der Waals surface area contributed by atoms with E-state index in [9.17, 15) is 9.90 Å². The zero-order valence-corrected chi connectivity index (χ0v) is 13.2. The number of para-hydroxylation sites is 1. The number of aliphatic hydroxyl groups is 1. The third-order valence-corrected chi connectivity index (χ3v) is 4.24. The molecule has 6 heteroatoms. The summed E-state index contributed by atoms with van der Waals surface area (Å²) in [6, 6.07) is 11.3. The number of amides is 2. The van der Waals surface area contributed by atoms with E-state index in [2.05, 4.69) is 15.6 Å². The Balaban J connectivity index is 1.54. The molecule has 0 aliphatic heterocycles. The molecule has 1 atom stereocenters. The minimum absolute atomic E-state index is 0.177. The molecule has 0 radical (unpaired) electrons. The molecule has 3 aromatic rings. The summed E-state index contributed by atoms with van der Waals surface area (Å²) in [5.41, 5.74) is 2.65. The van der Waals surface area contributed by atoms with Crippen molar-refractivity contribution >= 4 is 28.3 Å². The van der Waals surface area contributed by atoms with E-state index in [1.807, 2.05) is 47.2 Å². The van der Waals surface area contributed by atoms with E-state index in [1.54, 1.807) is 6.20 Å². The second-order valence-electron chi connectivity index (χ2n) is 5.13. The molecule has 2 amide bonds. The summed E-state index contributed by atoms with van der Waals surface area (Å²) in [6.45, 7) is 0.561. The van der Waals surface area contributed by atoms with Crippen LogP contribution in [0.3, 0.4) is 0 Å². The van der Waals surface area contributed by atoms with Crippen LogP contribution < -0.4 is 10.6 Å². The molecule has 2 heterocycles. The molecule has 0 aliphatic carbocycles. The minimum Gasteiger partial charge on any atom is -0.387 e. The zero-order chi connectivity index (χ0) is 16.1. The van der Waals surface area contributed by atoms with Crippen molar-refractivity contribution in [3.05, 3.63) is 64.5 Å². The highest BCUT2D eigenvalue weighted by molar-refractivity contribution is 7.07. The lowest BCUT2D eigenvalue weighted by molar-refractivity contribution is 0.173. The fraction of sp³-hybridized carbons (Fsp3) is 0.176. The van der Waals surface area contributed by atoms with Crippen LogP contribution in [-0.4, -0.2) is 22.7 Å². The highest BCUT2D eigenvalue weighted by Gasteiger charge is 2.10. The van der Waals surface area contributed by atoms with Gasteiger partial charge in [0.15, 0.2) is 0 Å². The van der Waals surface area contributed by atoms with Crippen LogP contribution in [0.5, 0.6) is 0 Å². The third kappa shape index (κ3) is 3.85. The molecule has 1 unspecified atom stereocenters. The minimum atomic E-state index is -0.689. The van der Waals surface area contributed by atoms with Gasteiger partial charge in [-0.3, -0.25) is 4.98 Å². The maximum Gasteiger partial charge on any atom is 0.315 e. The van der Waals surface area contributed by atoms with Crippen molar-refractivity contribution in [3.63, 3.8) is 0 Å². The van der Waals surface area contributed by atoms with Gasteiger partial charge >= 0.3 is 6.03 Å². The Morgan fingerprint density at radius 1 is 1.22 bits per heavy atom. The number of carbonyl (C=O) groups excluding carboxylic acids is 1. The number of rotatable bonds is 5. The third-order valence-electron chi connectivity index (χ3n) is 3.54. The van der Waals surface area contributed by atoms with Gasteiger partial charge < -0.3 is 15.7 Å². The molecule has 3 N–H and O–H groups in total. The predicted octanol–water partition coefficient (Wildman–Crippen LogP) is 2.83. The molecule has 1 aromatic carbocycles. The average molecular weight is 327 g/mol. The number of urea groups is 1. The van der Waals surface area contributed by atoms with Crippen molar-refractivity contribution in [1.82, 2.24) is 15.6 Å². The first kappa shape index (κ1) is 15.5. The summed E-state index contributed by atoms with van der Waals surface area (Å²) in [7, 11) is 0. The Bertz CT molecular complexity index is 784. The second kappa shape index (κ2) is 7.21. The summed E-state index contributed by atoms with van der Waals surface area (Å²) < 4.78 is 0. The van der Waals surface area contributed by atoms with Crippen LogP contribution in [0, 0.1) is 0 Å². The molecule has 0 aliphatic rings. The maximum absolute atomic E-state index is 11.9. The Hall–Kier alpha value is -2.44. The van der Waals surface area contributed by atoms with Crippen LogP contribution in [0.25, 0.3) is 10.9 Å². The van der Waals surface area contributed by atoms with E-state index in [0.717, 1.165) is 22.0 Å². The molecule has 0 fully saturated rings. The van der Waals surface area contributed by atoms with Gasteiger partial charge in [-0.1, -0.05) is 24.3 Å². The maximum atomic E-state index is 11.9. The number of pyridine rings is 1. The summed E-state index contributed by atoms with van der Waals surface area (Å²) in [4.78, 5) is 16.2. The van der Waals surface area contributed by atoms with Crippen LogP contribution in [0.15, 0.2) is 53.4 Å². The van der Waals surface area contributed by atoms with E-state index in [0.29, 0.717) is 6.54 Å². The summed E-state index contributed by atoms with van der Waals surface area (Å²) in [6.07, 6.45) is 1.05. The molecule has 2 aromatic heterocycles. The van der Waals surface area contributed by atoms with Gasteiger partial charge in [0.25, 0.3) is 0 Å². The van der Waals surface area contributed by atoms with E-state index in [1.165, 1.54) is 11.3 Å². The van der Waals surface area contributed by atoms with Gasteiger partial charge in [-0.2, -0.15) is 11.3 Å². The Morgan fingerprint density at radius 3 is 2.91 bits per heavy atom. The zero-order valence-electron chi connectivity index (χ0n) is 12.4. The van der Waals surface area contributed by atoms with Crippen molar-refractivity contribution in [1.29, 1.82) is 0 Å². The van der Waals surface area contributed by atoms with Gasteiger partial charge in [0.05, 0.1) is 11.6 Å². The molecule has 3 rings (SSSR count). The molecule has 0 bridgehead atoms. The second-order valence-corrected chi connectivity index (χ2v) is 5.91. The van der Waals surface area contributed by atoms with Crippen LogP contribution in [-0.2, 0) is 6.54 Å². The first-order valence-corrected chi connectivity index (χ1v) is 8.23. The fourth-order valence-electron chi connectivity index (χ4n) is 2.32. The largest absolute Gasteiger partial charge is 0.387 e. The number of fused-ring (bicyclic) bond motifs is 1. The van der Waals surface area contributed by atoms with Crippen molar-refractivity contribution in [3.8, 4) is 0 Å². The highest BCUT2D eigenvalue weighted by atomic mass is 32.1. The smallest absolute Gasteiger partial charge is 0.315 e. The summed E-state index contributed by atoms with van der Waals surface area (Å²) in [5.74, 6) is 0. The number of hydrogen-bond acceptors (Lipinski definition) is 4. The lowest BCUT2D eigenvalue weighted by Crippen LogP contribution is -2.37. The number of aromatic nitrogens is 1. The molecule has 0 spiro atoms. The summed E-state index contributed by atoms with van der Waals surface area (Å²) in [5, 5.41) is 20.2. The van der Waals surface area contributed by atoms with Crippen molar-refractivity contribution in [2.45, 2.75) is 12.6 Å². The number of benzene rings is 1. The molecule has 0 saturated heterocycles. The quantitative estimate of drug-likeness (QED) is 0.674. The van der Waals surface area contributed by atoms with Gasteiger partial charge in [0.1, 0.15) is 0 Å². The number of aliphatic hydroxyl groups excluding tert-OH is 1. The van der Waals surface area contributed by atoms with E-state index in [-0.39, 0.29) is 12.6 Å². The van der Waals surface area contributed by atoms with Gasteiger partial charge in [-0.05, 0) is 34.0 Å². The Kier molecular flexibility index (Phi) is 4.85. The molecule has 118 valence electrons. The van der Waals surface area contributed by atoms with Crippen molar-refractivity contribution in [2.24, 2.45) is 0 Å². The van der Waals surface area contributed by atoms with Crippen molar-refractivity contribution in [2.75, 3.05) is 6.54 Å². The molecule has 0 saturated carbocycles. The average Bonchev–Trinajstić information content (AvgIpc) is 3.12. The number of nitrogens with zero attached hydrogens (tertiary/aromatic N) is 1. The van der Waals surface area contributed by atoms with Gasteiger partial charge in [0.2, 0.25) is 0 Å². The van der Waals surface area contributed by atoms with Gasteiger partial charge in [-0.25, -0.2) is 4.79 Å². The Labute approximate surface area is 138 Å². The van der Waals surface area contributed by atoms with Crippen molar-refractivity contribution < 1.29 is 9.90 Å². The number of hydrogen-bond donors (Lipinski definition) is 3. The Morgan fingerprint density at radius 2 is 2.09 bits per heavy atom. The predicted molar refractivity (Wildman–Crippen MR) is 91.3 cm³/mol. The molecule has 23 heavy (non-hydrogen) atoms. The molecular weight excluding hydrogens is 310 g/mol. The summed E-state index contributed by atoms with van der Waals surface area (Å²) >= 11 is 1.52. The first-order valence-electron chi connectivity index (χ1n) is 7.28. The lowest BCUT2D eigenvalue weighted by Gasteiger charge is -2.12. The topological polar surface area (TPSA) is 74.2 Å². The monoisotopic (exact) mass is 327 g/mol. The number of thiophene rings is 1. The lowest BCUT2D eigenvalue weighted by atomic mass is 10.1. The van der Waals surface area contributed by atoms with E-state index in [4.69, 9.17) is 0 Å². The number of carbonyl (C=O) groups is 1. The van der Waals surface area contributed by atoms with E-state index >= 15 is 0 Å². The SMILES string of the molecule is O=C(NCc1cccc2cccnc12)NCC(O)c1ccsc1. The highest BCUT2D eigenvalue weighted by Crippen LogP contribution is 2.16. The van der Waals surface area contributed by atoms with Crippen LogP contribution >= 0.6 is 11.3 Å². The molecule has 5 nitrogen and oxygen atoms in total. The van der Waals surface area contributed by atoms with Crippen LogP contribution in [0.2, 0.25) is 0 Å². The van der Waals surface area contributed by atoms with E-state index < -0.39 is 6.10 Å². The first-order chi connectivity index (χ1) is 11.2. The van der Waals surface area contributed by atoms with Crippen LogP contribution in [0.1, 0.15) is 17.2 Å². The standard InChI is InChI=1S/C17H17N3O2S/c21-15(14-6-8-23-11-14)10-20-17(22)19-9-13-4-1-3-12-5-2-7-18-16(12)13/h1-8,11,15,21H,9-10H2,(H2,19,20,22). The van der Waals surface area contributed by atoms with Gasteiger partial charge in [-0.15, -0.1) is 0 Å².